The molecule has 0 spiro atoms. The summed E-state index contributed by atoms with van der Waals surface area (Å²) in [6.45, 7) is 4.38. The number of aromatic nitrogens is 2. The summed E-state index contributed by atoms with van der Waals surface area (Å²) in [5, 5.41) is 10.6. The Labute approximate surface area is 188 Å². The van der Waals surface area contributed by atoms with Crippen LogP contribution < -0.4 is 27.4 Å². The van der Waals surface area contributed by atoms with Crippen molar-refractivity contribution in [2.45, 2.75) is 39.7 Å². The van der Waals surface area contributed by atoms with E-state index in [0.717, 1.165) is 20.4 Å². The Bertz CT molecular complexity index is 1140. The number of nitrogens with zero attached hydrogens (tertiary/aromatic N) is 3. The van der Waals surface area contributed by atoms with Crippen LogP contribution in [0.25, 0.3) is 0 Å². The van der Waals surface area contributed by atoms with Gasteiger partial charge in [0, 0.05) is 11.0 Å². The zero-order valence-corrected chi connectivity index (χ0v) is 18.7. The SMILES string of the molecule is CC(C)Cn1c2c(c(=O)n(CN)c1=O)[NH2+]C(Cc1ccc(Br)cc1)=N2.O=C([O-])C(F)(F)F. The number of carbonyl (C=O) groups excluding carboxylic acids is 1. The first kappa shape index (κ1) is 25.5. The number of hydrogen-bond acceptors (Lipinski definition) is 6. The number of nitrogens with two attached hydrogens (primary N) is 2. The largest absolute Gasteiger partial charge is 0.542 e. The van der Waals surface area contributed by atoms with Crippen LogP contribution >= 0.6 is 15.9 Å². The van der Waals surface area contributed by atoms with Crippen molar-refractivity contribution in [2.24, 2.45) is 16.6 Å². The van der Waals surface area contributed by atoms with Crippen molar-refractivity contribution in [2.75, 3.05) is 0 Å². The second kappa shape index (κ2) is 10.2. The fourth-order valence-corrected chi connectivity index (χ4v) is 3.15. The molecule has 32 heavy (non-hydrogen) atoms. The second-order valence-corrected chi connectivity index (χ2v) is 8.19. The molecular formula is C19H21BrF3N5O4. The smallest absolute Gasteiger partial charge is 0.430 e. The molecule has 0 saturated carbocycles. The molecule has 0 saturated heterocycles. The van der Waals surface area contributed by atoms with E-state index >= 15 is 0 Å². The summed E-state index contributed by atoms with van der Waals surface area (Å²) in [7, 11) is 0. The van der Waals surface area contributed by atoms with Crippen molar-refractivity contribution in [3.05, 3.63) is 55.1 Å². The summed E-state index contributed by atoms with van der Waals surface area (Å²) in [5.74, 6) is -1.55. The van der Waals surface area contributed by atoms with Crippen LogP contribution in [0.4, 0.5) is 24.7 Å². The highest BCUT2D eigenvalue weighted by Crippen LogP contribution is 2.21. The van der Waals surface area contributed by atoms with E-state index in [1.165, 1.54) is 0 Å². The highest BCUT2D eigenvalue weighted by Gasteiger charge is 2.30. The molecule has 0 fully saturated rings. The van der Waals surface area contributed by atoms with Gasteiger partial charge >= 0.3 is 17.4 Å². The van der Waals surface area contributed by atoms with Crippen LogP contribution in [0.1, 0.15) is 19.4 Å². The fourth-order valence-electron chi connectivity index (χ4n) is 2.88. The van der Waals surface area contributed by atoms with Gasteiger partial charge in [0.2, 0.25) is 17.3 Å². The molecule has 0 bridgehead atoms. The van der Waals surface area contributed by atoms with Gasteiger partial charge in [0.1, 0.15) is 5.97 Å². The standard InChI is InChI=1S/C17H20BrN5O2.C2HF3O2/c1-10(2)8-22-15-14(16(24)23(9-19)17(22)25)20-13(21-15)7-11-3-5-12(18)6-4-11;3-2(4,5)1(6)7/h3-6,10H,7-9,19H2,1-2H3,(H,20,21);(H,6,7). The molecule has 2 heterocycles. The maximum absolute atomic E-state index is 12.6. The summed E-state index contributed by atoms with van der Waals surface area (Å²) in [6.07, 6.45) is -4.60. The second-order valence-electron chi connectivity index (χ2n) is 7.28. The van der Waals surface area contributed by atoms with E-state index in [1.807, 2.05) is 38.1 Å². The van der Waals surface area contributed by atoms with E-state index < -0.39 is 17.8 Å². The van der Waals surface area contributed by atoms with E-state index in [4.69, 9.17) is 15.6 Å². The molecular weight excluding hydrogens is 499 g/mol. The monoisotopic (exact) mass is 519 g/mol. The molecule has 4 N–H and O–H groups in total. The van der Waals surface area contributed by atoms with Gasteiger partial charge < -0.3 is 15.6 Å². The Hall–Kier alpha value is -2.77. The summed E-state index contributed by atoms with van der Waals surface area (Å²) in [4.78, 5) is 38.5. The third kappa shape index (κ3) is 6.14. The van der Waals surface area contributed by atoms with E-state index in [1.54, 1.807) is 9.88 Å². The number of benzene rings is 1. The number of carbonyl (C=O) groups is 1. The van der Waals surface area contributed by atoms with Crippen molar-refractivity contribution in [3.8, 4) is 0 Å². The predicted octanol–water partition coefficient (Wildman–Crippen LogP) is 0.125. The molecule has 0 radical (unpaired) electrons. The molecule has 1 aliphatic heterocycles. The molecule has 174 valence electrons. The minimum atomic E-state index is -5.19. The number of carboxylic acid groups (broad SMARTS) is 1. The van der Waals surface area contributed by atoms with Crippen molar-refractivity contribution < 1.29 is 28.4 Å². The van der Waals surface area contributed by atoms with Gasteiger partial charge in [-0.15, -0.1) is 0 Å². The number of amidine groups is 1. The number of rotatable bonds is 5. The van der Waals surface area contributed by atoms with Gasteiger partial charge in [0.05, 0.1) is 13.1 Å². The van der Waals surface area contributed by atoms with Gasteiger partial charge in [0.15, 0.2) is 0 Å². The Morgan fingerprint density at radius 1 is 1.22 bits per heavy atom. The zero-order chi connectivity index (χ0) is 24.2. The van der Waals surface area contributed by atoms with Crippen LogP contribution in [-0.2, 0) is 24.4 Å². The number of aliphatic imine (C=N–C) groups is 1. The molecule has 2 aromatic rings. The van der Waals surface area contributed by atoms with Crippen LogP contribution in [0.3, 0.4) is 0 Å². The van der Waals surface area contributed by atoms with Crippen LogP contribution in [0.2, 0.25) is 0 Å². The lowest BCUT2D eigenvalue weighted by molar-refractivity contribution is -0.442. The molecule has 0 unspecified atom stereocenters. The number of alkyl halides is 3. The molecule has 1 aromatic heterocycles. The maximum Gasteiger partial charge on any atom is 0.430 e. The first-order valence-corrected chi connectivity index (χ1v) is 10.2. The van der Waals surface area contributed by atoms with Crippen molar-refractivity contribution in [1.82, 2.24) is 9.13 Å². The molecule has 1 aromatic carbocycles. The van der Waals surface area contributed by atoms with Crippen LogP contribution in [0.15, 0.2) is 43.3 Å². The molecule has 0 aliphatic carbocycles. The topological polar surface area (TPSA) is 139 Å². The first-order valence-electron chi connectivity index (χ1n) is 9.37. The quantitative estimate of drug-likeness (QED) is 0.577. The van der Waals surface area contributed by atoms with Crippen LogP contribution in [0.5, 0.6) is 0 Å². The highest BCUT2D eigenvalue weighted by molar-refractivity contribution is 9.10. The Balaban J connectivity index is 0.000000451. The maximum atomic E-state index is 12.6. The average Bonchev–Trinajstić information content (AvgIpc) is 3.11. The number of quaternary nitrogens is 1. The summed E-state index contributed by atoms with van der Waals surface area (Å²) in [6, 6.07) is 7.94. The van der Waals surface area contributed by atoms with E-state index in [-0.39, 0.29) is 18.1 Å². The minimum absolute atomic E-state index is 0.140. The lowest BCUT2D eigenvalue weighted by Crippen LogP contribution is -2.83. The van der Waals surface area contributed by atoms with Crippen LogP contribution in [-0.4, -0.2) is 27.1 Å². The first-order chi connectivity index (χ1) is 14.8. The van der Waals surface area contributed by atoms with Crippen molar-refractivity contribution in [1.29, 1.82) is 0 Å². The molecule has 9 nitrogen and oxygen atoms in total. The average molecular weight is 520 g/mol. The van der Waals surface area contributed by atoms with Gasteiger partial charge in [-0.25, -0.2) is 9.36 Å². The number of carboxylic acids is 1. The van der Waals surface area contributed by atoms with E-state index in [0.29, 0.717) is 24.5 Å². The molecule has 0 atom stereocenters. The predicted molar refractivity (Wildman–Crippen MR) is 112 cm³/mol. The van der Waals surface area contributed by atoms with Gasteiger partial charge in [-0.3, -0.25) is 14.7 Å². The molecule has 13 heteroatoms. The number of aliphatic carboxylic acids is 1. The summed E-state index contributed by atoms with van der Waals surface area (Å²) in [5.41, 5.74) is 6.36. The van der Waals surface area contributed by atoms with E-state index in [2.05, 4.69) is 20.9 Å². The molecule has 3 rings (SSSR count). The van der Waals surface area contributed by atoms with Gasteiger partial charge in [0.25, 0.3) is 0 Å². The van der Waals surface area contributed by atoms with Gasteiger partial charge in [-0.05, 0) is 23.6 Å². The highest BCUT2D eigenvalue weighted by atomic mass is 79.9. The number of hydrogen-bond donors (Lipinski definition) is 2. The zero-order valence-electron chi connectivity index (χ0n) is 17.1. The number of halogens is 4. The fraction of sp³-hybridized carbons (Fsp3) is 0.368. The lowest BCUT2D eigenvalue weighted by atomic mass is 10.1. The minimum Gasteiger partial charge on any atom is -0.542 e. The third-order valence-electron chi connectivity index (χ3n) is 4.25. The molecule has 0 amide bonds. The van der Waals surface area contributed by atoms with Crippen LogP contribution in [0, 0.1) is 5.92 Å². The summed E-state index contributed by atoms with van der Waals surface area (Å²) >= 11 is 3.42. The number of fused-ring (bicyclic) bond motifs is 1. The Kier molecular flexibility index (Phi) is 8.15. The Morgan fingerprint density at radius 2 is 1.78 bits per heavy atom. The van der Waals surface area contributed by atoms with Gasteiger partial charge in [-0.2, -0.15) is 18.2 Å². The van der Waals surface area contributed by atoms with E-state index in [9.17, 15) is 22.8 Å². The third-order valence-corrected chi connectivity index (χ3v) is 4.78. The van der Waals surface area contributed by atoms with Crippen molar-refractivity contribution >= 4 is 39.2 Å². The Morgan fingerprint density at radius 3 is 2.25 bits per heavy atom. The normalized spacial score (nSPS) is 12.8. The van der Waals surface area contributed by atoms with Gasteiger partial charge in [-0.1, -0.05) is 41.9 Å². The van der Waals surface area contributed by atoms with Crippen molar-refractivity contribution in [3.63, 3.8) is 0 Å². The molecule has 1 aliphatic rings. The summed E-state index contributed by atoms with van der Waals surface area (Å²) < 4.78 is 35.2. The lowest BCUT2D eigenvalue weighted by Gasteiger charge is -2.12.